The van der Waals surface area contributed by atoms with Crippen LogP contribution >= 0.6 is 0 Å². The molecule has 0 aliphatic heterocycles. The summed E-state index contributed by atoms with van der Waals surface area (Å²) in [7, 11) is 4.19. The van der Waals surface area contributed by atoms with Crippen LogP contribution in [0.25, 0.3) is 0 Å². The molecule has 1 aliphatic rings. The maximum Gasteiger partial charge on any atom is 0.0720 e. The molecule has 3 unspecified atom stereocenters. The third-order valence-corrected chi connectivity index (χ3v) is 6.04. The van der Waals surface area contributed by atoms with Crippen LogP contribution in [0.5, 0.6) is 0 Å². The zero-order chi connectivity index (χ0) is 19.8. The van der Waals surface area contributed by atoms with Crippen LogP contribution in [0.1, 0.15) is 43.2 Å². The fraction of sp³-hybridized carbons (Fsp3) is 0.520. The van der Waals surface area contributed by atoms with Crippen molar-refractivity contribution < 1.29 is 9.84 Å². The van der Waals surface area contributed by atoms with E-state index >= 15 is 0 Å². The molecule has 0 amide bonds. The van der Waals surface area contributed by atoms with E-state index in [0.29, 0.717) is 6.61 Å². The van der Waals surface area contributed by atoms with E-state index < -0.39 is 5.60 Å². The summed E-state index contributed by atoms with van der Waals surface area (Å²) in [5, 5.41) is 11.5. The molecule has 2 aromatic carbocycles. The summed E-state index contributed by atoms with van der Waals surface area (Å²) in [5.74, 6) is 0.257. The highest BCUT2D eigenvalue weighted by atomic mass is 16.5. The molecule has 3 atom stereocenters. The van der Waals surface area contributed by atoms with E-state index in [4.69, 9.17) is 4.74 Å². The fourth-order valence-electron chi connectivity index (χ4n) is 4.47. The number of aliphatic hydroxyl groups is 1. The van der Waals surface area contributed by atoms with Gasteiger partial charge in [0.25, 0.3) is 0 Å². The number of nitrogens with zero attached hydrogens (tertiary/aromatic N) is 1. The lowest BCUT2D eigenvalue weighted by atomic mass is 9.71. The first-order valence-electron chi connectivity index (χ1n) is 10.6. The van der Waals surface area contributed by atoms with Gasteiger partial charge >= 0.3 is 0 Å². The van der Waals surface area contributed by atoms with Gasteiger partial charge in [-0.2, -0.15) is 0 Å². The van der Waals surface area contributed by atoms with Gasteiger partial charge in [0.1, 0.15) is 0 Å². The van der Waals surface area contributed by atoms with Crippen LogP contribution in [0.15, 0.2) is 60.7 Å². The van der Waals surface area contributed by atoms with Gasteiger partial charge in [0.05, 0.1) is 18.3 Å². The molecule has 1 aliphatic carbocycles. The number of aryl methyl sites for hydroxylation is 1. The van der Waals surface area contributed by atoms with Crippen molar-refractivity contribution in [1.82, 2.24) is 4.90 Å². The third-order valence-electron chi connectivity index (χ3n) is 6.04. The van der Waals surface area contributed by atoms with Gasteiger partial charge in [-0.1, -0.05) is 60.7 Å². The summed E-state index contributed by atoms with van der Waals surface area (Å²) >= 11 is 0. The Labute approximate surface area is 170 Å². The van der Waals surface area contributed by atoms with E-state index in [1.807, 2.05) is 6.07 Å². The van der Waals surface area contributed by atoms with E-state index in [1.165, 1.54) is 11.1 Å². The molecule has 2 aromatic rings. The first kappa shape index (κ1) is 21.0. The van der Waals surface area contributed by atoms with Crippen molar-refractivity contribution in [3.05, 3.63) is 71.8 Å². The lowest BCUT2D eigenvalue weighted by molar-refractivity contribution is -0.110. The van der Waals surface area contributed by atoms with Gasteiger partial charge < -0.3 is 14.7 Å². The van der Waals surface area contributed by atoms with Crippen molar-refractivity contribution in [3.63, 3.8) is 0 Å². The smallest absolute Gasteiger partial charge is 0.0720 e. The summed E-state index contributed by atoms with van der Waals surface area (Å²) in [6.07, 6.45) is 5.88. The molecule has 0 saturated heterocycles. The standard InChI is InChI=1S/C25H35NO2/c1-26(2)19-23-18-24(28-20-22-12-7-4-8-13-22)15-17-25(23,27)16-9-14-21-10-5-3-6-11-21/h3-8,10-13,23-24,27H,9,14-20H2,1-2H3. The minimum absolute atomic E-state index is 0.236. The Hall–Kier alpha value is -1.68. The Morgan fingerprint density at radius 1 is 1.00 bits per heavy atom. The molecule has 3 nitrogen and oxygen atoms in total. The topological polar surface area (TPSA) is 32.7 Å². The van der Waals surface area contributed by atoms with Gasteiger partial charge in [0, 0.05) is 12.5 Å². The Morgan fingerprint density at radius 3 is 2.29 bits per heavy atom. The first-order valence-corrected chi connectivity index (χ1v) is 10.6. The van der Waals surface area contributed by atoms with Gasteiger partial charge in [0.2, 0.25) is 0 Å². The zero-order valence-electron chi connectivity index (χ0n) is 17.4. The lowest BCUT2D eigenvalue weighted by Gasteiger charge is -2.44. The second-order valence-corrected chi connectivity index (χ2v) is 8.59. The summed E-state index contributed by atoms with van der Waals surface area (Å²) in [6.45, 7) is 1.57. The van der Waals surface area contributed by atoms with Crippen molar-refractivity contribution in [2.45, 2.75) is 56.8 Å². The van der Waals surface area contributed by atoms with Gasteiger partial charge in [-0.05, 0) is 63.7 Å². The Bertz CT molecular complexity index is 688. The zero-order valence-corrected chi connectivity index (χ0v) is 17.4. The summed E-state index contributed by atoms with van der Waals surface area (Å²) in [5.41, 5.74) is 2.00. The predicted molar refractivity (Wildman–Crippen MR) is 115 cm³/mol. The third kappa shape index (κ3) is 6.16. The molecule has 28 heavy (non-hydrogen) atoms. The Balaban J connectivity index is 1.55. The molecule has 0 spiro atoms. The SMILES string of the molecule is CN(C)CC1CC(OCc2ccccc2)CCC1(O)CCCc1ccccc1. The first-order chi connectivity index (χ1) is 13.5. The van der Waals surface area contributed by atoms with Crippen LogP contribution in [0.2, 0.25) is 0 Å². The molecule has 3 heteroatoms. The molecule has 152 valence electrons. The van der Waals surface area contributed by atoms with Crippen LogP contribution in [0, 0.1) is 5.92 Å². The maximum atomic E-state index is 11.5. The van der Waals surface area contributed by atoms with Crippen molar-refractivity contribution in [2.24, 2.45) is 5.92 Å². The van der Waals surface area contributed by atoms with Crippen LogP contribution in [-0.2, 0) is 17.8 Å². The molecule has 0 bridgehead atoms. The average molecular weight is 382 g/mol. The average Bonchev–Trinajstić information content (AvgIpc) is 2.70. The molecule has 0 radical (unpaired) electrons. The van der Waals surface area contributed by atoms with Crippen LogP contribution in [0.4, 0.5) is 0 Å². The van der Waals surface area contributed by atoms with Gasteiger partial charge in [0.15, 0.2) is 0 Å². The highest BCUT2D eigenvalue weighted by Crippen LogP contribution is 2.39. The highest BCUT2D eigenvalue weighted by Gasteiger charge is 2.42. The monoisotopic (exact) mass is 381 g/mol. The van der Waals surface area contributed by atoms with Gasteiger partial charge in [-0.3, -0.25) is 0 Å². The van der Waals surface area contributed by atoms with E-state index in [1.54, 1.807) is 0 Å². The van der Waals surface area contributed by atoms with Gasteiger partial charge in [-0.15, -0.1) is 0 Å². The van der Waals surface area contributed by atoms with Crippen LogP contribution in [-0.4, -0.2) is 42.4 Å². The predicted octanol–water partition coefficient (Wildman–Crippen LogP) is 4.69. The number of rotatable bonds is 9. The summed E-state index contributed by atoms with van der Waals surface area (Å²) in [6, 6.07) is 21.0. The van der Waals surface area contributed by atoms with Crippen LogP contribution < -0.4 is 0 Å². The lowest BCUT2D eigenvalue weighted by Crippen LogP contribution is -2.48. The number of ether oxygens (including phenoxy) is 1. The van der Waals surface area contributed by atoms with Crippen LogP contribution in [0.3, 0.4) is 0 Å². The van der Waals surface area contributed by atoms with Gasteiger partial charge in [-0.25, -0.2) is 0 Å². The number of hydrogen-bond donors (Lipinski definition) is 1. The number of benzene rings is 2. The second-order valence-electron chi connectivity index (χ2n) is 8.59. The molecule has 1 N–H and O–H groups in total. The summed E-state index contributed by atoms with van der Waals surface area (Å²) < 4.78 is 6.22. The van der Waals surface area contributed by atoms with E-state index in [2.05, 4.69) is 73.6 Å². The van der Waals surface area contributed by atoms with Crippen molar-refractivity contribution in [3.8, 4) is 0 Å². The molecular formula is C25H35NO2. The van der Waals surface area contributed by atoms with E-state index in [0.717, 1.165) is 45.1 Å². The molecule has 0 heterocycles. The highest BCUT2D eigenvalue weighted by molar-refractivity contribution is 5.15. The Kier molecular flexibility index (Phi) is 7.66. The quantitative estimate of drug-likeness (QED) is 0.684. The van der Waals surface area contributed by atoms with Crippen molar-refractivity contribution >= 4 is 0 Å². The van der Waals surface area contributed by atoms with Crippen molar-refractivity contribution in [2.75, 3.05) is 20.6 Å². The summed E-state index contributed by atoms with van der Waals surface area (Å²) in [4.78, 5) is 2.20. The Morgan fingerprint density at radius 2 is 1.64 bits per heavy atom. The minimum Gasteiger partial charge on any atom is -0.390 e. The van der Waals surface area contributed by atoms with Crippen molar-refractivity contribution in [1.29, 1.82) is 0 Å². The molecule has 1 saturated carbocycles. The molecular weight excluding hydrogens is 346 g/mol. The maximum absolute atomic E-state index is 11.5. The fourth-order valence-corrected chi connectivity index (χ4v) is 4.47. The van der Waals surface area contributed by atoms with E-state index in [9.17, 15) is 5.11 Å². The minimum atomic E-state index is -0.578. The van der Waals surface area contributed by atoms with E-state index in [-0.39, 0.29) is 12.0 Å². The normalized spacial score (nSPS) is 25.1. The molecule has 1 fully saturated rings. The molecule has 3 rings (SSSR count). The number of hydrogen-bond acceptors (Lipinski definition) is 3. The largest absolute Gasteiger partial charge is 0.390 e. The second kappa shape index (κ2) is 10.2. The molecule has 0 aromatic heterocycles.